The van der Waals surface area contributed by atoms with Gasteiger partial charge in [0, 0.05) is 50.2 Å². The van der Waals surface area contributed by atoms with E-state index in [4.69, 9.17) is 9.26 Å². The van der Waals surface area contributed by atoms with Gasteiger partial charge in [0.2, 0.25) is 11.7 Å². The van der Waals surface area contributed by atoms with E-state index in [0.717, 1.165) is 70.0 Å². The molecule has 1 amide bonds. The molecule has 178 valence electrons. The second-order valence-electron chi connectivity index (χ2n) is 9.49. The minimum atomic E-state index is 0.0573. The van der Waals surface area contributed by atoms with Gasteiger partial charge in [-0.25, -0.2) is 0 Å². The lowest BCUT2D eigenvalue weighted by Gasteiger charge is -2.31. The van der Waals surface area contributed by atoms with Crippen molar-refractivity contribution in [3.05, 3.63) is 24.3 Å². The molecule has 2 N–H and O–H groups in total. The maximum atomic E-state index is 12.7. The van der Waals surface area contributed by atoms with Crippen molar-refractivity contribution < 1.29 is 14.1 Å². The molecule has 9 heteroatoms. The molecule has 3 aliphatic heterocycles. The van der Waals surface area contributed by atoms with Crippen molar-refractivity contribution in [2.24, 2.45) is 11.8 Å². The molecular formula is C24H34N6O3. The van der Waals surface area contributed by atoms with E-state index in [1.165, 1.54) is 12.8 Å². The summed E-state index contributed by atoms with van der Waals surface area (Å²) in [6.45, 7) is 6.85. The second kappa shape index (κ2) is 10.1. The predicted octanol–water partition coefficient (Wildman–Crippen LogP) is 1.76. The number of benzene rings is 1. The Morgan fingerprint density at radius 2 is 1.97 bits per heavy atom. The Kier molecular flexibility index (Phi) is 6.78. The lowest BCUT2D eigenvalue weighted by Crippen LogP contribution is -2.50. The van der Waals surface area contributed by atoms with Crippen molar-refractivity contribution in [3.63, 3.8) is 0 Å². The first-order valence-corrected chi connectivity index (χ1v) is 12.1. The van der Waals surface area contributed by atoms with Crippen LogP contribution in [0.1, 0.15) is 25.7 Å². The van der Waals surface area contributed by atoms with Crippen LogP contribution in [0.3, 0.4) is 0 Å². The van der Waals surface area contributed by atoms with Gasteiger partial charge < -0.3 is 29.7 Å². The number of hydrogen-bond donors (Lipinski definition) is 2. The number of carbonyl (C=O) groups excluding carboxylic acids is 1. The minimum absolute atomic E-state index is 0.0573. The Bertz CT molecular complexity index is 921. The Balaban J connectivity index is 1.05. The van der Waals surface area contributed by atoms with E-state index >= 15 is 0 Å². The van der Waals surface area contributed by atoms with E-state index in [0.29, 0.717) is 23.8 Å². The zero-order valence-electron chi connectivity index (χ0n) is 19.3. The summed E-state index contributed by atoms with van der Waals surface area (Å²) in [5.41, 5.74) is 0.884. The fraction of sp³-hybridized carbons (Fsp3) is 0.625. The van der Waals surface area contributed by atoms with Gasteiger partial charge in [-0.1, -0.05) is 5.16 Å². The molecule has 2 atom stereocenters. The molecule has 3 saturated heterocycles. The van der Waals surface area contributed by atoms with Gasteiger partial charge in [-0.3, -0.25) is 4.79 Å². The molecule has 3 aliphatic rings. The minimum Gasteiger partial charge on any atom is -0.497 e. The molecular weight excluding hydrogens is 420 g/mol. The number of rotatable bonds is 8. The van der Waals surface area contributed by atoms with Crippen LogP contribution in [0, 0.1) is 11.8 Å². The summed E-state index contributed by atoms with van der Waals surface area (Å²) in [4.78, 5) is 21.9. The first-order valence-electron chi connectivity index (χ1n) is 12.1. The first kappa shape index (κ1) is 22.2. The molecule has 0 bridgehead atoms. The van der Waals surface area contributed by atoms with Crippen LogP contribution in [0.2, 0.25) is 0 Å². The number of nitrogens with zero attached hydrogens (tertiary/aromatic N) is 4. The van der Waals surface area contributed by atoms with E-state index in [-0.39, 0.29) is 11.8 Å². The Hall–Kier alpha value is -2.65. The highest BCUT2D eigenvalue weighted by atomic mass is 16.5. The molecule has 5 rings (SSSR count). The number of nitrogens with one attached hydrogen (secondary N) is 2. The number of methoxy groups -OCH3 is 1. The maximum Gasteiger partial charge on any atom is 0.324 e. The van der Waals surface area contributed by atoms with Crippen molar-refractivity contribution in [2.75, 3.05) is 57.8 Å². The third-order valence-electron chi connectivity index (χ3n) is 7.24. The average molecular weight is 455 g/mol. The average Bonchev–Trinajstić information content (AvgIpc) is 3.50. The highest BCUT2D eigenvalue weighted by molar-refractivity contribution is 5.79. The molecule has 0 saturated carbocycles. The Morgan fingerprint density at radius 3 is 2.67 bits per heavy atom. The van der Waals surface area contributed by atoms with Gasteiger partial charge in [0.1, 0.15) is 5.75 Å². The number of likely N-dealkylation sites (tertiary alicyclic amines) is 1. The predicted molar refractivity (Wildman–Crippen MR) is 125 cm³/mol. The Morgan fingerprint density at radius 1 is 1.18 bits per heavy atom. The summed E-state index contributed by atoms with van der Waals surface area (Å²) >= 11 is 0. The van der Waals surface area contributed by atoms with Crippen LogP contribution in [0.15, 0.2) is 28.8 Å². The van der Waals surface area contributed by atoms with Gasteiger partial charge in [0.15, 0.2) is 0 Å². The second-order valence-corrected chi connectivity index (χ2v) is 9.49. The number of piperidine rings is 1. The normalized spacial score (nSPS) is 24.0. The van der Waals surface area contributed by atoms with Gasteiger partial charge >= 0.3 is 6.01 Å². The fourth-order valence-corrected chi connectivity index (χ4v) is 4.98. The lowest BCUT2D eigenvalue weighted by molar-refractivity contribution is -0.125. The van der Waals surface area contributed by atoms with Crippen LogP contribution in [-0.2, 0) is 4.79 Å². The zero-order valence-corrected chi connectivity index (χ0v) is 19.3. The van der Waals surface area contributed by atoms with Gasteiger partial charge in [-0.2, -0.15) is 4.98 Å². The van der Waals surface area contributed by atoms with Crippen molar-refractivity contribution in [2.45, 2.75) is 31.7 Å². The molecule has 33 heavy (non-hydrogen) atoms. The fourth-order valence-electron chi connectivity index (χ4n) is 4.98. The SMILES string of the molecule is COc1ccc(-c2noc(N3CCC(C(=O)NCC4CCN(C[C@H]5CCN5)C4)CC3)n2)cc1. The molecule has 2 aromatic rings. The van der Waals surface area contributed by atoms with Crippen LogP contribution in [0.5, 0.6) is 5.75 Å². The molecule has 0 radical (unpaired) electrons. The van der Waals surface area contributed by atoms with E-state index in [1.807, 2.05) is 24.3 Å². The largest absolute Gasteiger partial charge is 0.497 e. The van der Waals surface area contributed by atoms with E-state index in [9.17, 15) is 4.79 Å². The molecule has 1 aromatic carbocycles. The monoisotopic (exact) mass is 454 g/mol. The summed E-state index contributed by atoms with van der Waals surface area (Å²) in [7, 11) is 1.64. The summed E-state index contributed by atoms with van der Waals surface area (Å²) < 4.78 is 10.7. The summed E-state index contributed by atoms with van der Waals surface area (Å²) in [5.74, 6) is 2.18. The standard InChI is InChI=1S/C24H34N6O3/c1-32-21-4-2-18(3-5-21)22-27-24(33-28-22)30-12-8-19(9-13-30)23(31)26-14-17-7-11-29(15-17)16-20-6-10-25-20/h2-5,17,19-20,25H,6-16H2,1H3,(H,26,31)/t17?,20-/m1/s1. The van der Waals surface area contributed by atoms with Crippen LogP contribution in [0.4, 0.5) is 6.01 Å². The van der Waals surface area contributed by atoms with Crippen LogP contribution in [0.25, 0.3) is 11.4 Å². The van der Waals surface area contributed by atoms with Gasteiger partial charge in [-0.05, 0) is 69.0 Å². The van der Waals surface area contributed by atoms with E-state index < -0.39 is 0 Å². The van der Waals surface area contributed by atoms with Gasteiger partial charge in [0.05, 0.1) is 7.11 Å². The molecule has 4 heterocycles. The maximum absolute atomic E-state index is 12.7. The molecule has 0 aliphatic carbocycles. The molecule has 9 nitrogen and oxygen atoms in total. The van der Waals surface area contributed by atoms with E-state index in [2.05, 4.69) is 30.6 Å². The number of anilines is 1. The molecule has 1 aromatic heterocycles. The molecule has 0 spiro atoms. The smallest absolute Gasteiger partial charge is 0.324 e. The lowest BCUT2D eigenvalue weighted by atomic mass is 9.96. The highest BCUT2D eigenvalue weighted by Crippen LogP contribution is 2.26. The third kappa shape index (κ3) is 5.30. The van der Waals surface area contributed by atoms with Crippen molar-refractivity contribution in [1.29, 1.82) is 0 Å². The summed E-state index contributed by atoms with van der Waals surface area (Å²) in [6.07, 6.45) is 4.08. The van der Waals surface area contributed by atoms with Crippen LogP contribution < -0.4 is 20.3 Å². The topological polar surface area (TPSA) is 95.8 Å². The summed E-state index contributed by atoms with van der Waals surface area (Å²) in [5, 5.41) is 10.8. The van der Waals surface area contributed by atoms with Gasteiger partial charge in [-0.15, -0.1) is 0 Å². The number of hydrogen-bond acceptors (Lipinski definition) is 8. The van der Waals surface area contributed by atoms with Gasteiger partial charge in [0.25, 0.3) is 0 Å². The van der Waals surface area contributed by atoms with Crippen LogP contribution >= 0.6 is 0 Å². The van der Waals surface area contributed by atoms with E-state index in [1.54, 1.807) is 7.11 Å². The highest BCUT2D eigenvalue weighted by Gasteiger charge is 2.30. The quantitative estimate of drug-likeness (QED) is 0.623. The third-order valence-corrected chi connectivity index (χ3v) is 7.24. The summed E-state index contributed by atoms with van der Waals surface area (Å²) in [6, 6.07) is 8.78. The number of aromatic nitrogens is 2. The number of carbonyl (C=O) groups is 1. The number of ether oxygens (including phenoxy) is 1. The Labute approximate surface area is 194 Å². The molecule has 3 fully saturated rings. The zero-order chi connectivity index (χ0) is 22.6. The molecule has 1 unspecified atom stereocenters. The van der Waals surface area contributed by atoms with Crippen molar-refractivity contribution >= 4 is 11.9 Å². The van der Waals surface area contributed by atoms with Crippen molar-refractivity contribution in [1.82, 2.24) is 25.7 Å². The first-order chi connectivity index (χ1) is 16.2. The van der Waals surface area contributed by atoms with Crippen molar-refractivity contribution in [3.8, 4) is 17.1 Å². The number of amides is 1. The van der Waals surface area contributed by atoms with Crippen LogP contribution in [-0.4, -0.2) is 79.9 Å².